The van der Waals surface area contributed by atoms with Gasteiger partial charge in [-0.2, -0.15) is 0 Å². The van der Waals surface area contributed by atoms with E-state index in [1.54, 1.807) is 25.1 Å². The smallest absolute Gasteiger partial charge is 0.163 e. The molecule has 1 nitrogen and oxygen atoms in total. The van der Waals surface area contributed by atoms with Gasteiger partial charge in [0, 0.05) is 22.0 Å². The van der Waals surface area contributed by atoms with E-state index in [4.69, 9.17) is 23.2 Å². The van der Waals surface area contributed by atoms with Crippen LogP contribution >= 0.6 is 23.2 Å². The van der Waals surface area contributed by atoms with Gasteiger partial charge < -0.3 is 0 Å². The van der Waals surface area contributed by atoms with Crippen LogP contribution in [0.4, 0.5) is 4.39 Å². The van der Waals surface area contributed by atoms with E-state index >= 15 is 0 Å². The number of ketones is 1. The highest BCUT2D eigenvalue weighted by molar-refractivity contribution is 6.35. The summed E-state index contributed by atoms with van der Waals surface area (Å²) in [6.07, 6.45) is 0.354. The van der Waals surface area contributed by atoms with E-state index in [1.807, 2.05) is 0 Å². The molecule has 0 saturated heterocycles. The van der Waals surface area contributed by atoms with Gasteiger partial charge in [-0.15, -0.1) is 0 Å². The molecule has 0 unspecified atom stereocenters. The van der Waals surface area contributed by atoms with Crippen LogP contribution in [0.15, 0.2) is 36.4 Å². The van der Waals surface area contributed by atoms with Gasteiger partial charge in [-0.1, -0.05) is 30.1 Å². The highest BCUT2D eigenvalue weighted by Crippen LogP contribution is 2.30. The summed E-state index contributed by atoms with van der Waals surface area (Å²) in [4.78, 5) is 11.9. The third kappa shape index (κ3) is 3.14. The van der Waals surface area contributed by atoms with Gasteiger partial charge in [0.05, 0.1) is 0 Å². The van der Waals surface area contributed by atoms with E-state index in [-0.39, 0.29) is 5.78 Å². The Morgan fingerprint density at radius 1 is 1.11 bits per heavy atom. The molecule has 0 aliphatic rings. The minimum Gasteiger partial charge on any atom is -0.294 e. The van der Waals surface area contributed by atoms with Crippen molar-refractivity contribution in [3.8, 4) is 11.1 Å². The van der Waals surface area contributed by atoms with Crippen LogP contribution in [0.25, 0.3) is 11.1 Å². The van der Waals surface area contributed by atoms with Crippen LogP contribution in [0.1, 0.15) is 23.7 Å². The number of Topliss-reactive ketones (excluding diaryl/α,β-unsaturated/α-hetero) is 1. The summed E-state index contributed by atoms with van der Waals surface area (Å²) in [7, 11) is 0. The molecule has 0 bridgehead atoms. The topological polar surface area (TPSA) is 17.1 Å². The predicted molar refractivity (Wildman–Crippen MR) is 76.5 cm³/mol. The third-order valence-corrected chi connectivity index (χ3v) is 3.21. The van der Waals surface area contributed by atoms with Crippen molar-refractivity contribution in [3.05, 3.63) is 57.8 Å². The Labute approximate surface area is 121 Å². The lowest BCUT2D eigenvalue weighted by molar-refractivity contribution is 0.0989. The standard InChI is InChI=1S/C15H11Cl2FO/c1-2-15(19)13-4-3-12(18)8-14(13)9-5-10(16)7-11(17)6-9/h3-8H,2H2,1H3. The monoisotopic (exact) mass is 296 g/mol. The Bertz CT molecular complexity index is 618. The van der Waals surface area contributed by atoms with Crippen molar-refractivity contribution in [2.75, 3.05) is 0 Å². The molecule has 0 radical (unpaired) electrons. The van der Waals surface area contributed by atoms with Crippen LogP contribution in [-0.2, 0) is 0 Å². The van der Waals surface area contributed by atoms with Crippen LogP contribution in [0.5, 0.6) is 0 Å². The van der Waals surface area contributed by atoms with Crippen molar-refractivity contribution in [3.63, 3.8) is 0 Å². The van der Waals surface area contributed by atoms with Gasteiger partial charge in [0.2, 0.25) is 0 Å². The molecule has 0 N–H and O–H groups in total. The van der Waals surface area contributed by atoms with Gasteiger partial charge >= 0.3 is 0 Å². The molecule has 0 spiro atoms. The van der Waals surface area contributed by atoms with Crippen molar-refractivity contribution in [2.45, 2.75) is 13.3 Å². The Kier molecular flexibility index (Phi) is 4.23. The average molecular weight is 297 g/mol. The van der Waals surface area contributed by atoms with Crippen LogP contribution < -0.4 is 0 Å². The summed E-state index contributed by atoms with van der Waals surface area (Å²) in [5.74, 6) is -0.454. The normalized spacial score (nSPS) is 10.5. The first-order valence-electron chi connectivity index (χ1n) is 5.80. The van der Waals surface area contributed by atoms with Gasteiger partial charge in [-0.3, -0.25) is 4.79 Å². The van der Waals surface area contributed by atoms with E-state index in [9.17, 15) is 9.18 Å². The van der Waals surface area contributed by atoms with Gasteiger partial charge in [-0.25, -0.2) is 4.39 Å². The molecule has 0 aliphatic heterocycles. The maximum absolute atomic E-state index is 13.4. The highest BCUT2D eigenvalue weighted by atomic mass is 35.5. The maximum Gasteiger partial charge on any atom is 0.163 e. The molecule has 4 heteroatoms. The molecule has 0 saturated carbocycles. The lowest BCUT2D eigenvalue weighted by atomic mass is 9.96. The fourth-order valence-electron chi connectivity index (χ4n) is 1.90. The number of halogens is 3. The van der Waals surface area contributed by atoms with E-state index in [2.05, 4.69) is 0 Å². The molecule has 0 amide bonds. The molecule has 2 aromatic carbocycles. The second-order valence-corrected chi connectivity index (χ2v) is 5.00. The van der Waals surface area contributed by atoms with E-state index in [0.29, 0.717) is 33.2 Å². The fourth-order valence-corrected chi connectivity index (χ4v) is 2.42. The molecule has 0 fully saturated rings. The molecule has 0 atom stereocenters. The number of hydrogen-bond donors (Lipinski definition) is 0. The van der Waals surface area contributed by atoms with E-state index in [0.717, 1.165) is 0 Å². The fraction of sp³-hybridized carbons (Fsp3) is 0.133. The predicted octanol–water partition coefficient (Wildman–Crippen LogP) is 5.39. The number of rotatable bonds is 3. The van der Waals surface area contributed by atoms with Gasteiger partial charge in [0.25, 0.3) is 0 Å². The summed E-state index contributed by atoms with van der Waals surface area (Å²) in [6, 6.07) is 9.01. The molecule has 2 aromatic rings. The molecular weight excluding hydrogens is 286 g/mol. The zero-order valence-corrected chi connectivity index (χ0v) is 11.7. The van der Waals surface area contributed by atoms with Crippen molar-refractivity contribution in [1.82, 2.24) is 0 Å². The first kappa shape index (κ1) is 14.0. The lowest BCUT2D eigenvalue weighted by Crippen LogP contribution is -2.00. The Balaban J connectivity index is 2.65. The van der Waals surface area contributed by atoms with Crippen molar-refractivity contribution in [2.24, 2.45) is 0 Å². The van der Waals surface area contributed by atoms with Gasteiger partial charge in [0.15, 0.2) is 5.78 Å². The van der Waals surface area contributed by atoms with Crippen molar-refractivity contribution >= 4 is 29.0 Å². The highest BCUT2D eigenvalue weighted by Gasteiger charge is 2.13. The maximum atomic E-state index is 13.4. The number of benzene rings is 2. The summed E-state index contributed by atoms with van der Waals surface area (Å²) < 4.78 is 13.4. The number of carbonyl (C=O) groups is 1. The molecule has 19 heavy (non-hydrogen) atoms. The second-order valence-electron chi connectivity index (χ2n) is 4.12. The number of hydrogen-bond acceptors (Lipinski definition) is 1. The Hall–Kier alpha value is -1.38. The molecule has 98 valence electrons. The molecule has 2 rings (SSSR count). The molecule has 0 aliphatic carbocycles. The molecular formula is C15H11Cl2FO. The van der Waals surface area contributed by atoms with Crippen LogP contribution in [-0.4, -0.2) is 5.78 Å². The zero-order valence-electron chi connectivity index (χ0n) is 10.2. The molecule has 0 aromatic heterocycles. The zero-order chi connectivity index (χ0) is 14.0. The number of carbonyl (C=O) groups excluding carboxylic acids is 1. The SMILES string of the molecule is CCC(=O)c1ccc(F)cc1-c1cc(Cl)cc(Cl)c1. The Morgan fingerprint density at radius 2 is 1.74 bits per heavy atom. The van der Waals surface area contributed by atoms with Crippen molar-refractivity contribution < 1.29 is 9.18 Å². The first-order valence-corrected chi connectivity index (χ1v) is 6.56. The van der Waals surface area contributed by atoms with Crippen LogP contribution in [0.2, 0.25) is 10.0 Å². The van der Waals surface area contributed by atoms with Crippen LogP contribution in [0, 0.1) is 5.82 Å². The molecule has 0 heterocycles. The quantitative estimate of drug-likeness (QED) is 0.694. The summed E-state index contributed by atoms with van der Waals surface area (Å²) in [5.41, 5.74) is 1.62. The average Bonchev–Trinajstić information content (AvgIpc) is 2.36. The lowest BCUT2D eigenvalue weighted by Gasteiger charge is -2.09. The van der Waals surface area contributed by atoms with Gasteiger partial charge in [0.1, 0.15) is 5.82 Å². The van der Waals surface area contributed by atoms with Gasteiger partial charge in [-0.05, 0) is 47.5 Å². The first-order chi connectivity index (χ1) is 9.01. The summed E-state index contributed by atoms with van der Waals surface area (Å²) >= 11 is 11.9. The van der Waals surface area contributed by atoms with Crippen LogP contribution in [0.3, 0.4) is 0 Å². The Morgan fingerprint density at radius 3 is 2.32 bits per heavy atom. The van der Waals surface area contributed by atoms with E-state index < -0.39 is 5.82 Å². The van der Waals surface area contributed by atoms with Crippen molar-refractivity contribution in [1.29, 1.82) is 0 Å². The van der Waals surface area contributed by atoms with E-state index in [1.165, 1.54) is 18.2 Å². The summed E-state index contributed by atoms with van der Waals surface area (Å²) in [5, 5.41) is 0.892. The summed E-state index contributed by atoms with van der Waals surface area (Å²) in [6.45, 7) is 1.76. The third-order valence-electron chi connectivity index (χ3n) is 2.78. The minimum absolute atomic E-state index is 0.0499. The minimum atomic E-state index is -0.404. The second kappa shape index (κ2) is 5.72. The largest absolute Gasteiger partial charge is 0.294 e.